The number of amides is 1. The Morgan fingerprint density at radius 2 is 2.19 bits per heavy atom. The SMILES string of the molecule is CCN1CCc2nc(NC(=O)Cn3c(=O)cnc4ccccc43)sc2C1. The number of nitrogens with one attached hydrogen (secondary N) is 1. The first-order valence-electron chi connectivity index (χ1n) is 8.59. The molecule has 7 nitrogen and oxygen atoms in total. The number of thiazole rings is 1. The zero-order valence-electron chi connectivity index (χ0n) is 14.4. The molecule has 0 spiro atoms. The molecule has 0 fully saturated rings. The molecule has 3 heterocycles. The van der Waals surface area contributed by atoms with Gasteiger partial charge in [-0.15, -0.1) is 11.3 Å². The molecule has 1 aliphatic heterocycles. The Balaban J connectivity index is 1.53. The van der Waals surface area contributed by atoms with Gasteiger partial charge < -0.3 is 5.32 Å². The minimum atomic E-state index is -0.295. The molecule has 2 aromatic heterocycles. The fourth-order valence-corrected chi connectivity index (χ4v) is 4.22. The highest BCUT2D eigenvalue weighted by Gasteiger charge is 2.20. The van der Waals surface area contributed by atoms with Crippen LogP contribution in [-0.4, -0.2) is 38.4 Å². The molecule has 0 bridgehead atoms. The van der Waals surface area contributed by atoms with Gasteiger partial charge in [0.2, 0.25) is 5.91 Å². The zero-order chi connectivity index (χ0) is 18.1. The summed E-state index contributed by atoms with van der Waals surface area (Å²) >= 11 is 1.52. The van der Waals surface area contributed by atoms with E-state index < -0.39 is 0 Å². The van der Waals surface area contributed by atoms with Crippen molar-refractivity contribution in [3.05, 3.63) is 51.4 Å². The van der Waals surface area contributed by atoms with Crippen LogP contribution in [0, 0.1) is 0 Å². The summed E-state index contributed by atoms with van der Waals surface area (Å²) in [5.74, 6) is -0.262. The molecule has 26 heavy (non-hydrogen) atoms. The van der Waals surface area contributed by atoms with Gasteiger partial charge in [-0.3, -0.25) is 19.1 Å². The lowest BCUT2D eigenvalue weighted by Crippen LogP contribution is -2.29. The van der Waals surface area contributed by atoms with E-state index in [1.54, 1.807) is 6.07 Å². The van der Waals surface area contributed by atoms with Gasteiger partial charge >= 0.3 is 0 Å². The fraction of sp³-hybridized carbons (Fsp3) is 0.333. The summed E-state index contributed by atoms with van der Waals surface area (Å²) in [4.78, 5) is 36.8. The van der Waals surface area contributed by atoms with Crippen molar-refractivity contribution >= 4 is 33.4 Å². The number of hydrogen-bond acceptors (Lipinski definition) is 6. The summed E-state index contributed by atoms with van der Waals surface area (Å²) in [5, 5.41) is 3.44. The predicted molar refractivity (Wildman–Crippen MR) is 101 cm³/mol. The Labute approximate surface area is 154 Å². The largest absolute Gasteiger partial charge is 0.300 e. The van der Waals surface area contributed by atoms with Gasteiger partial charge in [-0.1, -0.05) is 19.1 Å². The summed E-state index contributed by atoms with van der Waals surface area (Å²) in [6.45, 7) is 4.97. The molecule has 4 rings (SSSR count). The first-order valence-corrected chi connectivity index (χ1v) is 9.41. The summed E-state index contributed by atoms with van der Waals surface area (Å²) in [7, 11) is 0. The smallest absolute Gasteiger partial charge is 0.269 e. The third-order valence-electron chi connectivity index (χ3n) is 4.56. The molecule has 1 aliphatic rings. The second-order valence-corrected chi connectivity index (χ2v) is 7.31. The molecule has 8 heteroatoms. The molecule has 3 aromatic rings. The number of benzene rings is 1. The van der Waals surface area contributed by atoms with Crippen molar-refractivity contribution in [2.24, 2.45) is 0 Å². The zero-order valence-corrected chi connectivity index (χ0v) is 15.3. The molecule has 0 saturated heterocycles. The van der Waals surface area contributed by atoms with E-state index >= 15 is 0 Å². The Morgan fingerprint density at radius 1 is 1.35 bits per heavy atom. The van der Waals surface area contributed by atoms with Crippen LogP contribution in [0.25, 0.3) is 11.0 Å². The van der Waals surface area contributed by atoms with E-state index in [0.29, 0.717) is 16.2 Å². The van der Waals surface area contributed by atoms with E-state index in [2.05, 4.69) is 27.1 Å². The summed E-state index contributed by atoms with van der Waals surface area (Å²) in [5.41, 5.74) is 2.11. The maximum atomic E-state index is 12.5. The first-order chi connectivity index (χ1) is 12.6. The topological polar surface area (TPSA) is 80.1 Å². The molecular weight excluding hydrogens is 350 g/mol. The van der Waals surface area contributed by atoms with Gasteiger partial charge in [0.05, 0.1) is 22.9 Å². The molecule has 0 saturated carbocycles. The third kappa shape index (κ3) is 3.25. The number of carbonyl (C=O) groups is 1. The molecule has 1 N–H and O–H groups in total. The summed E-state index contributed by atoms with van der Waals surface area (Å²) < 4.78 is 1.43. The first kappa shape index (κ1) is 16.9. The minimum Gasteiger partial charge on any atom is -0.300 e. The van der Waals surface area contributed by atoms with E-state index in [1.165, 1.54) is 27.0 Å². The van der Waals surface area contributed by atoms with Gasteiger partial charge in [0.1, 0.15) is 6.54 Å². The standard InChI is InChI=1S/C18H19N5O2S/c1-2-22-8-7-13-15(10-22)26-18(20-13)21-16(24)11-23-14-6-4-3-5-12(14)19-9-17(23)25/h3-6,9H,2,7-8,10-11H2,1H3,(H,20,21,24). The van der Waals surface area contributed by atoms with Crippen LogP contribution in [0.2, 0.25) is 0 Å². The van der Waals surface area contributed by atoms with Gasteiger partial charge in [0.25, 0.3) is 5.56 Å². The Morgan fingerprint density at radius 3 is 3.04 bits per heavy atom. The molecule has 0 aliphatic carbocycles. The van der Waals surface area contributed by atoms with E-state index in [0.717, 1.165) is 31.7 Å². The lowest BCUT2D eigenvalue weighted by Gasteiger charge is -2.23. The van der Waals surface area contributed by atoms with E-state index in [1.807, 2.05) is 18.2 Å². The van der Waals surface area contributed by atoms with Crippen molar-refractivity contribution in [1.29, 1.82) is 0 Å². The lowest BCUT2D eigenvalue weighted by atomic mass is 10.2. The van der Waals surface area contributed by atoms with E-state index in [4.69, 9.17) is 0 Å². The van der Waals surface area contributed by atoms with Gasteiger partial charge in [0.15, 0.2) is 5.13 Å². The average Bonchev–Trinajstić information content (AvgIpc) is 3.05. The molecule has 1 aromatic carbocycles. The maximum Gasteiger partial charge on any atom is 0.269 e. The highest BCUT2D eigenvalue weighted by molar-refractivity contribution is 7.15. The van der Waals surface area contributed by atoms with Crippen LogP contribution in [0.15, 0.2) is 35.3 Å². The normalized spacial score (nSPS) is 14.3. The molecule has 0 radical (unpaired) electrons. The quantitative estimate of drug-likeness (QED) is 0.759. The highest BCUT2D eigenvalue weighted by Crippen LogP contribution is 2.28. The molecule has 0 atom stereocenters. The number of rotatable bonds is 4. The fourth-order valence-electron chi connectivity index (χ4n) is 3.15. The van der Waals surface area contributed by atoms with Gasteiger partial charge in [-0.25, -0.2) is 9.97 Å². The van der Waals surface area contributed by atoms with Crippen molar-refractivity contribution < 1.29 is 4.79 Å². The Kier molecular flexibility index (Phi) is 4.52. The number of nitrogens with zero attached hydrogens (tertiary/aromatic N) is 4. The summed E-state index contributed by atoms with van der Waals surface area (Å²) in [6.07, 6.45) is 2.15. The minimum absolute atomic E-state index is 0.0623. The van der Waals surface area contributed by atoms with Crippen LogP contribution in [-0.2, 0) is 24.3 Å². The van der Waals surface area contributed by atoms with E-state index in [9.17, 15) is 9.59 Å². The maximum absolute atomic E-state index is 12.5. The number of anilines is 1. The number of aromatic nitrogens is 3. The summed E-state index contributed by atoms with van der Waals surface area (Å²) in [6, 6.07) is 7.28. The average molecular weight is 369 g/mol. The Bertz CT molecular complexity index is 1030. The lowest BCUT2D eigenvalue weighted by molar-refractivity contribution is -0.116. The number of hydrogen-bond donors (Lipinski definition) is 1. The van der Waals surface area contributed by atoms with Crippen molar-refractivity contribution in [2.75, 3.05) is 18.4 Å². The monoisotopic (exact) mass is 369 g/mol. The van der Waals surface area contributed by atoms with Gasteiger partial charge in [-0.2, -0.15) is 0 Å². The molecule has 1 amide bonds. The van der Waals surface area contributed by atoms with Crippen LogP contribution in [0.3, 0.4) is 0 Å². The van der Waals surface area contributed by atoms with Gasteiger partial charge in [0, 0.05) is 24.4 Å². The van der Waals surface area contributed by atoms with Crippen LogP contribution < -0.4 is 10.9 Å². The third-order valence-corrected chi connectivity index (χ3v) is 5.56. The Hall–Kier alpha value is -2.58. The number of likely N-dealkylation sites (N-methyl/N-ethyl adjacent to an activating group) is 1. The van der Waals surface area contributed by atoms with Crippen molar-refractivity contribution in [2.45, 2.75) is 26.4 Å². The van der Waals surface area contributed by atoms with Crippen LogP contribution in [0.4, 0.5) is 5.13 Å². The second kappa shape index (κ2) is 6.97. The molecule has 0 unspecified atom stereocenters. The number of fused-ring (bicyclic) bond motifs is 2. The molecule has 134 valence electrons. The van der Waals surface area contributed by atoms with Crippen molar-refractivity contribution in [3.63, 3.8) is 0 Å². The van der Waals surface area contributed by atoms with Crippen molar-refractivity contribution in [1.82, 2.24) is 19.4 Å². The van der Waals surface area contributed by atoms with Crippen LogP contribution in [0.5, 0.6) is 0 Å². The predicted octanol–water partition coefficient (Wildman–Crippen LogP) is 1.87. The number of para-hydroxylation sites is 2. The van der Waals surface area contributed by atoms with Crippen LogP contribution >= 0.6 is 11.3 Å². The van der Waals surface area contributed by atoms with Crippen molar-refractivity contribution in [3.8, 4) is 0 Å². The van der Waals surface area contributed by atoms with E-state index in [-0.39, 0.29) is 18.0 Å². The molecular formula is C18H19N5O2S. The second-order valence-electron chi connectivity index (χ2n) is 6.23. The highest BCUT2D eigenvalue weighted by atomic mass is 32.1. The number of carbonyl (C=O) groups excluding carboxylic acids is 1. The van der Waals surface area contributed by atoms with Crippen LogP contribution in [0.1, 0.15) is 17.5 Å². The van der Waals surface area contributed by atoms with Gasteiger partial charge in [-0.05, 0) is 18.7 Å².